The first-order chi connectivity index (χ1) is 8.09. The average molecular weight is 262 g/mol. The molecule has 0 aliphatic rings. The summed E-state index contributed by atoms with van der Waals surface area (Å²) in [6.07, 6.45) is 0.730. The van der Waals surface area contributed by atoms with Crippen LogP contribution in [-0.2, 0) is 6.42 Å². The van der Waals surface area contributed by atoms with Gasteiger partial charge in [-0.3, -0.25) is 0 Å². The lowest BCUT2D eigenvalue weighted by atomic mass is 10.0. The maximum absolute atomic E-state index is 5.82. The molecule has 2 aromatic rings. The number of nitrogen functional groups attached to an aromatic ring is 2. The van der Waals surface area contributed by atoms with Gasteiger partial charge in [-0.15, -0.1) is 25.3 Å². The molecule has 0 heterocycles. The van der Waals surface area contributed by atoms with Crippen LogP contribution in [0.15, 0.2) is 46.2 Å². The van der Waals surface area contributed by atoms with E-state index in [1.807, 2.05) is 36.4 Å². The molecule has 0 bridgehead atoms. The maximum atomic E-state index is 5.82. The van der Waals surface area contributed by atoms with Crippen molar-refractivity contribution in [1.82, 2.24) is 0 Å². The Kier molecular flexibility index (Phi) is 3.54. The topological polar surface area (TPSA) is 52.0 Å². The molecule has 0 radical (unpaired) electrons. The lowest BCUT2D eigenvalue weighted by molar-refractivity contribution is 1.09. The van der Waals surface area contributed by atoms with Crippen LogP contribution >= 0.6 is 25.3 Å². The molecule has 0 amide bonds. The van der Waals surface area contributed by atoms with Crippen LogP contribution < -0.4 is 11.5 Å². The largest absolute Gasteiger partial charge is 0.398 e. The summed E-state index contributed by atoms with van der Waals surface area (Å²) >= 11 is 8.84. The van der Waals surface area contributed by atoms with E-state index in [4.69, 9.17) is 11.5 Å². The van der Waals surface area contributed by atoms with Gasteiger partial charge in [0.2, 0.25) is 0 Å². The number of hydrogen-bond acceptors (Lipinski definition) is 4. The SMILES string of the molecule is Nc1cccc(Cc2cccc(N)c2S)c1S. The van der Waals surface area contributed by atoms with Crippen LogP contribution in [0.5, 0.6) is 0 Å². The zero-order valence-corrected chi connectivity index (χ0v) is 11.0. The van der Waals surface area contributed by atoms with Gasteiger partial charge < -0.3 is 11.5 Å². The molecule has 0 saturated carbocycles. The highest BCUT2D eigenvalue weighted by Gasteiger charge is 2.07. The minimum absolute atomic E-state index is 0.690. The van der Waals surface area contributed by atoms with Crippen molar-refractivity contribution < 1.29 is 0 Å². The molecule has 0 unspecified atom stereocenters. The third-order valence-electron chi connectivity index (χ3n) is 2.68. The van der Waals surface area contributed by atoms with Crippen molar-refractivity contribution in [3.8, 4) is 0 Å². The Bertz CT molecular complexity index is 504. The Labute approximate surface area is 112 Å². The molecular weight excluding hydrogens is 248 g/mol. The van der Waals surface area contributed by atoms with Gasteiger partial charge >= 0.3 is 0 Å². The van der Waals surface area contributed by atoms with Crippen molar-refractivity contribution in [3.05, 3.63) is 47.5 Å². The van der Waals surface area contributed by atoms with E-state index < -0.39 is 0 Å². The van der Waals surface area contributed by atoms with Crippen LogP contribution in [0.3, 0.4) is 0 Å². The fraction of sp³-hybridized carbons (Fsp3) is 0.0769. The van der Waals surface area contributed by atoms with Crippen molar-refractivity contribution in [3.63, 3.8) is 0 Å². The Morgan fingerprint density at radius 1 is 0.765 bits per heavy atom. The quantitative estimate of drug-likeness (QED) is 0.497. The molecule has 4 N–H and O–H groups in total. The highest BCUT2D eigenvalue weighted by molar-refractivity contribution is 7.80. The molecule has 0 fully saturated rings. The van der Waals surface area contributed by atoms with Crippen LogP contribution in [0.25, 0.3) is 0 Å². The summed E-state index contributed by atoms with van der Waals surface area (Å²) in [6, 6.07) is 11.5. The van der Waals surface area contributed by atoms with E-state index in [1.54, 1.807) is 0 Å². The molecule has 0 aliphatic carbocycles. The summed E-state index contributed by atoms with van der Waals surface area (Å²) in [5, 5.41) is 0. The fourth-order valence-corrected chi connectivity index (χ4v) is 2.17. The summed E-state index contributed by atoms with van der Waals surface area (Å²) in [5.74, 6) is 0. The number of thiol groups is 2. The first kappa shape index (κ1) is 12.2. The molecule has 0 saturated heterocycles. The zero-order chi connectivity index (χ0) is 12.4. The highest BCUT2D eigenvalue weighted by Crippen LogP contribution is 2.28. The maximum Gasteiger partial charge on any atom is 0.0452 e. The van der Waals surface area contributed by atoms with Gasteiger partial charge in [-0.05, 0) is 29.7 Å². The summed E-state index contributed by atoms with van der Waals surface area (Å²) in [6.45, 7) is 0. The number of rotatable bonds is 2. The van der Waals surface area contributed by atoms with Crippen LogP contribution in [-0.4, -0.2) is 0 Å². The summed E-state index contributed by atoms with van der Waals surface area (Å²) in [4.78, 5) is 1.64. The second-order valence-electron chi connectivity index (χ2n) is 3.89. The lowest BCUT2D eigenvalue weighted by Crippen LogP contribution is -1.97. The lowest BCUT2D eigenvalue weighted by Gasteiger charge is -2.10. The van der Waals surface area contributed by atoms with Crippen molar-refractivity contribution in [2.75, 3.05) is 11.5 Å². The van der Waals surface area contributed by atoms with E-state index in [0.717, 1.165) is 27.3 Å². The van der Waals surface area contributed by atoms with Gasteiger partial charge in [-0.1, -0.05) is 24.3 Å². The normalized spacial score (nSPS) is 10.5. The fourth-order valence-electron chi connectivity index (χ4n) is 1.71. The van der Waals surface area contributed by atoms with Crippen molar-refractivity contribution in [2.24, 2.45) is 0 Å². The summed E-state index contributed by atoms with van der Waals surface area (Å²) in [7, 11) is 0. The molecule has 88 valence electrons. The summed E-state index contributed by atoms with van der Waals surface area (Å²) in [5.41, 5.74) is 15.2. The Morgan fingerprint density at radius 3 is 1.59 bits per heavy atom. The van der Waals surface area contributed by atoms with Gasteiger partial charge in [0.15, 0.2) is 0 Å². The van der Waals surface area contributed by atoms with E-state index >= 15 is 0 Å². The second kappa shape index (κ2) is 4.94. The minimum atomic E-state index is 0.690. The van der Waals surface area contributed by atoms with E-state index in [0.29, 0.717) is 11.4 Å². The van der Waals surface area contributed by atoms with Crippen molar-refractivity contribution >= 4 is 36.6 Å². The van der Waals surface area contributed by atoms with Gasteiger partial charge in [-0.2, -0.15) is 0 Å². The molecule has 2 nitrogen and oxygen atoms in total. The summed E-state index contributed by atoms with van der Waals surface area (Å²) < 4.78 is 0. The first-order valence-electron chi connectivity index (χ1n) is 5.22. The van der Waals surface area contributed by atoms with Crippen LogP contribution in [0.2, 0.25) is 0 Å². The monoisotopic (exact) mass is 262 g/mol. The van der Waals surface area contributed by atoms with E-state index in [1.165, 1.54) is 0 Å². The Hall–Kier alpha value is -1.26. The molecule has 0 spiro atoms. The van der Waals surface area contributed by atoms with Gasteiger partial charge in [0.05, 0.1) is 0 Å². The molecule has 4 heteroatoms. The molecule has 0 atom stereocenters. The van der Waals surface area contributed by atoms with Crippen molar-refractivity contribution in [1.29, 1.82) is 0 Å². The van der Waals surface area contributed by atoms with Gasteiger partial charge in [0.1, 0.15) is 0 Å². The molecule has 0 aromatic heterocycles. The Balaban J connectivity index is 2.38. The number of anilines is 2. The van der Waals surface area contributed by atoms with Crippen molar-refractivity contribution in [2.45, 2.75) is 16.2 Å². The van der Waals surface area contributed by atoms with E-state index in [-0.39, 0.29) is 0 Å². The third kappa shape index (κ3) is 2.53. The first-order valence-corrected chi connectivity index (χ1v) is 6.11. The van der Waals surface area contributed by atoms with Crippen LogP contribution in [0, 0.1) is 0 Å². The van der Waals surface area contributed by atoms with E-state index in [9.17, 15) is 0 Å². The molecule has 17 heavy (non-hydrogen) atoms. The molecule has 2 rings (SSSR count). The second-order valence-corrected chi connectivity index (χ2v) is 4.78. The predicted octanol–water partition coefficient (Wildman–Crippen LogP) is 3.02. The number of nitrogens with two attached hydrogens (primary N) is 2. The molecule has 2 aromatic carbocycles. The van der Waals surface area contributed by atoms with Crippen LogP contribution in [0.4, 0.5) is 11.4 Å². The average Bonchev–Trinajstić information content (AvgIpc) is 2.31. The van der Waals surface area contributed by atoms with Gasteiger partial charge in [0.25, 0.3) is 0 Å². The highest BCUT2D eigenvalue weighted by atomic mass is 32.1. The Morgan fingerprint density at radius 2 is 1.18 bits per heavy atom. The third-order valence-corrected chi connectivity index (χ3v) is 3.77. The van der Waals surface area contributed by atoms with E-state index in [2.05, 4.69) is 25.3 Å². The van der Waals surface area contributed by atoms with Gasteiger partial charge in [0, 0.05) is 21.2 Å². The standard InChI is InChI=1S/C13H14N2S2/c14-10-5-1-3-8(12(10)16)7-9-4-2-6-11(15)13(9)17/h1-6,16-17H,7,14-15H2. The minimum Gasteiger partial charge on any atom is -0.398 e. The smallest absolute Gasteiger partial charge is 0.0452 e. The zero-order valence-electron chi connectivity index (χ0n) is 9.22. The van der Waals surface area contributed by atoms with Gasteiger partial charge in [-0.25, -0.2) is 0 Å². The number of hydrogen-bond donors (Lipinski definition) is 4. The number of benzene rings is 2. The molecular formula is C13H14N2S2. The molecule has 0 aliphatic heterocycles. The van der Waals surface area contributed by atoms with Crippen LogP contribution in [0.1, 0.15) is 11.1 Å². The predicted molar refractivity (Wildman–Crippen MR) is 79.0 cm³/mol.